The zero-order valence-electron chi connectivity index (χ0n) is 12.6. The smallest absolute Gasteiger partial charge is 0.0803 e. The standard InChI is InChI=1S/C15H27N3O/c1-5-8-18-14(15(3,6-2)19-4)10-12-11-17-9-7-13(12)16/h7,9,11,14,18H,5-6,8,10H2,1-4H3,(H2,16,17). The Morgan fingerprint density at radius 2 is 2.21 bits per heavy atom. The second-order valence-corrected chi connectivity index (χ2v) is 5.16. The van der Waals surface area contributed by atoms with E-state index in [4.69, 9.17) is 10.5 Å². The highest BCUT2D eigenvalue weighted by atomic mass is 16.5. The van der Waals surface area contributed by atoms with Crippen molar-refractivity contribution in [1.82, 2.24) is 10.3 Å². The van der Waals surface area contributed by atoms with Crippen LogP contribution in [0.2, 0.25) is 0 Å². The summed E-state index contributed by atoms with van der Waals surface area (Å²) >= 11 is 0. The number of nitrogen functional groups attached to an aromatic ring is 1. The van der Waals surface area contributed by atoms with Crippen LogP contribution in [0.4, 0.5) is 5.69 Å². The van der Waals surface area contributed by atoms with Crippen molar-refractivity contribution in [3.05, 3.63) is 24.0 Å². The lowest BCUT2D eigenvalue weighted by atomic mass is 9.88. The fraction of sp³-hybridized carbons (Fsp3) is 0.667. The Morgan fingerprint density at radius 1 is 1.47 bits per heavy atom. The van der Waals surface area contributed by atoms with Crippen molar-refractivity contribution in [2.24, 2.45) is 0 Å². The molecular formula is C15H27N3O. The summed E-state index contributed by atoms with van der Waals surface area (Å²) in [5.74, 6) is 0. The first-order valence-electron chi connectivity index (χ1n) is 7.04. The fourth-order valence-corrected chi connectivity index (χ4v) is 2.18. The van der Waals surface area contributed by atoms with E-state index < -0.39 is 0 Å². The molecule has 1 aromatic heterocycles. The van der Waals surface area contributed by atoms with E-state index in [-0.39, 0.29) is 11.6 Å². The Morgan fingerprint density at radius 3 is 2.74 bits per heavy atom. The van der Waals surface area contributed by atoms with Gasteiger partial charge in [0.15, 0.2) is 0 Å². The Bertz CT molecular complexity index is 377. The molecule has 2 unspecified atom stereocenters. The molecule has 1 heterocycles. The molecule has 0 aliphatic rings. The number of nitrogens with zero attached hydrogens (tertiary/aromatic N) is 1. The number of pyridine rings is 1. The SMILES string of the molecule is CCCNC(Cc1cnccc1N)C(C)(CC)OC. The highest BCUT2D eigenvalue weighted by molar-refractivity contribution is 5.44. The van der Waals surface area contributed by atoms with Gasteiger partial charge in [-0.3, -0.25) is 4.98 Å². The maximum atomic E-state index is 6.02. The van der Waals surface area contributed by atoms with E-state index in [1.807, 2.05) is 12.3 Å². The Hall–Kier alpha value is -1.13. The Kier molecular flexibility index (Phi) is 6.25. The van der Waals surface area contributed by atoms with Gasteiger partial charge in [0.2, 0.25) is 0 Å². The van der Waals surface area contributed by atoms with Gasteiger partial charge in [0.1, 0.15) is 0 Å². The highest BCUT2D eigenvalue weighted by Gasteiger charge is 2.32. The van der Waals surface area contributed by atoms with Crippen LogP contribution in [0.15, 0.2) is 18.5 Å². The van der Waals surface area contributed by atoms with Crippen molar-refractivity contribution in [3.8, 4) is 0 Å². The first kappa shape index (κ1) is 15.9. The van der Waals surface area contributed by atoms with E-state index in [1.54, 1.807) is 13.3 Å². The molecule has 0 radical (unpaired) electrons. The molecule has 0 saturated carbocycles. The normalized spacial score (nSPS) is 16.0. The number of anilines is 1. The number of methoxy groups -OCH3 is 1. The first-order valence-corrected chi connectivity index (χ1v) is 7.04. The molecule has 4 nitrogen and oxygen atoms in total. The summed E-state index contributed by atoms with van der Waals surface area (Å²) in [7, 11) is 1.77. The molecular weight excluding hydrogens is 238 g/mol. The number of hydrogen-bond donors (Lipinski definition) is 2. The van der Waals surface area contributed by atoms with Crippen molar-refractivity contribution >= 4 is 5.69 Å². The van der Waals surface area contributed by atoms with Gasteiger partial charge in [0, 0.05) is 31.2 Å². The molecule has 3 N–H and O–H groups in total. The van der Waals surface area contributed by atoms with Crippen LogP contribution in [0.5, 0.6) is 0 Å². The predicted molar refractivity (Wildman–Crippen MR) is 80.1 cm³/mol. The molecule has 0 aromatic carbocycles. The van der Waals surface area contributed by atoms with Crippen LogP contribution < -0.4 is 11.1 Å². The van der Waals surface area contributed by atoms with E-state index in [2.05, 4.69) is 31.1 Å². The molecule has 0 amide bonds. The second kappa shape index (κ2) is 7.46. The van der Waals surface area contributed by atoms with E-state index in [0.717, 1.165) is 37.1 Å². The summed E-state index contributed by atoms with van der Waals surface area (Å²) in [6, 6.07) is 2.08. The predicted octanol–water partition coefficient (Wildman–Crippen LogP) is 2.39. The fourth-order valence-electron chi connectivity index (χ4n) is 2.18. The van der Waals surface area contributed by atoms with Crippen LogP contribution in [0, 0.1) is 0 Å². The highest BCUT2D eigenvalue weighted by Crippen LogP contribution is 2.24. The van der Waals surface area contributed by atoms with Crippen LogP contribution in [0.1, 0.15) is 39.2 Å². The molecule has 0 bridgehead atoms. The maximum Gasteiger partial charge on any atom is 0.0803 e. The third kappa shape index (κ3) is 4.18. The Labute approximate surface area is 116 Å². The molecule has 4 heteroatoms. The van der Waals surface area contributed by atoms with Crippen LogP contribution in [0.3, 0.4) is 0 Å². The van der Waals surface area contributed by atoms with Crippen molar-refractivity contribution in [2.45, 2.75) is 51.7 Å². The van der Waals surface area contributed by atoms with Crippen LogP contribution >= 0.6 is 0 Å². The van der Waals surface area contributed by atoms with Gasteiger partial charge in [0.25, 0.3) is 0 Å². The molecule has 19 heavy (non-hydrogen) atoms. The zero-order valence-corrected chi connectivity index (χ0v) is 12.6. The summed E-state index contributed by atoms with van der Waals surface area (Å²) < 4.78 is 5.73. The monoisotopic (exact) mass is 265 g/mol. The number of hydrogen-bond acceptors (Lipinski definition) is 4. The molecule has 0 fully saturated rings. The van der Waals surface area contributed by atoms with Gasteiger partial charge >= 0.3 is 0 Å². The summed E-state index contributed by atoms with van der Waals surface area (Å²) in [6.07, 6.45) is 6.45. The summed E-state index contributed by atoms with van der Waals surface area (Å²) in [5.41, 5.74) is 7.69. The van der Waals surface area contributed by atoms with Crippen molar-refractivity contribution < 1.29 is 4.74 Å². The number of nitrogens with one attached hydrogen (secondary N) is 1. The third-order valence-electron chi connectivity index (χ3n) is 3.91. The zero-order chi connectivity index (χ0) is 14.3. The third-order valence-corrected chi connectivity index (χ3v) is 3.91. The number of rotatable bonds is 8. The number of nitrogens with two attached hydrogens (primary N) is 1. The van der Waals surface area contributed by atoms with E-state index >= 15 is 0 Å². The molecule has 0 spiro atoms. The van der Waals surface area contributed by atoms with Crippen LogP contribution in [-0.4, -0.2) is 30.3 Å². The van der Waals surface area contributed by atoms with Gasteiger partial charge in [-0.15, -0.1) is 0 Å². The topological polar surface area (TPSA) is 60.2 Å². The lowest BCUT2D eigenvalue weighted by Crippen LogP contribution is -2.51. The van der Waals surface area contributed by atoms with Crippen LogP contribution in [-0.2, 0) is 11.2 Å². The average Bonchev–Trinajstić information content (AvgIpc) is 2.44. The average molecular weight is 265 g/mol. The summed E-state index contributed by atoms with van der Waals surface area (Å²) in [5, 5.41) is 3.58. The Balaban J connectivity index is 2.88. The molecule has 0 saturated heterocycles. The molecule has 1 aromatic rings. The number of aromatic nitrogens is 1. The minimum absolute atomic E-state index is 0.197. The minimum atomic E-state index is -0.197. The lowest BCUT2D eigenvalue weighted by molar-refractivity contribution is -0.0286. The molecule has 0 aliphatic heterocycles. The van der Waals surface area contributed by atoms with E-state index in [9.17, 15) is 0 Å². The van der Waals surface area contributed by atoms with Gasteiger partial charge in [-0.05, 0) is 44.4 Å². The van der Waals surface area contributed by atoms with Gasteiger partial charge in [-0.2, -0.15) is 0 Å². The largest absolute Gasteiger partial charge is 0.398 e. The minimum Gasteiger partial charge on any atom is -0.398 e. The number of ether oxygens (including phenoxy) is 1. The first-order chi connectivity index (χ1) is 9.07. The second-order valence-electron chi connectivity index (χ2n) is 5.16. The lowest BCUT2D eigenvalue weighted by Gasteiger charge is -2.37. The van der Waals surface area contributed by atoms with Crippen molar-refractivity contribution in [2.75, 3.05) is 19.4 Å². The van der Waals surface area contributed by atoms with E-state index in [1.165, 1.54) is 0 Å². The van der Waals surface area contributed by atoms with Crippen molar-refractivity contribution in [1.29, 1.82) is 0 Å². The van der Waals surface area contributed by atoms with Gasteiger partial charge in [0.05, 0.1) is 5.60 Å². The molecule has 2 atom stereocenters. The quantitative estimate of drug-likeness (QED) is 0.757. The van der Waals surface area contributed by atoms with Gasteiger partial charge in [-0.25, -0.2) is 0 Å². The summed E-state index contributed by atoms with van der Waals surface area (Å²) in [4.78, 5) is 4.16. The summed E-state index contributed by atoms with van der Waals surface area (Å²) in [6.45, 7) is 7.44. The van der Waals surface area contributed by atoms with Gasteiger partial charge < -0.3 is 15.8 Å². The van der Waals surface area contributed by atoms with Crippen molar-refractivity contribution in [3.63, 3.8) is 0 Å². The van der Waals surface area contributed by atoms with Crippen LogP contribution in [0.25, 0.3) is 0 Å². The molecule has 0 aliphatic carbocycles. The van der Waals surface area contributed by atoms with E-state index in [0.29, 0.717) is 0 Å². The van der Waals surface area contributed by atoms with Gasteiger partial charge in [-0.1, -0.05) is 13.8 Å². The molecule has 1 rings (SSSR count). The maximum absolute atomic E-state index is 6.02. The molecule has 108 valence electrons.